The molecule has 0 fully saturated rings. The van der Waals surface area contributed by atoms with Crippen LogP contribution in [0.1, 0.15) is 27.0 Å². The molecule has 2 aromatic rings. The van der Waals surface area contributed by atoms with E-state index < -0.39 is 15.9 Å². The van der Waals surface area contributed by atoms with E-state index in [9.17, 15) is 13.2 Å². The zero-order chi connectivity index (χ0) is 18.2. The Morgan fingerprint density at radius 3 is 2.36 bits per heavy atom. The quantitative estimate of drug-likeness (QED) is 0.919. The lowest BCUT2D eigenvalue weighted by atomic mass is 9.95. The summed E-state index contributed by atoms with van der Waals surface area (Å²) in [4.78, 5) is 12.4. The summed E-state index contributed by atoms with van der Waals surface area (Å²) >= 11 is 0. The number of carbonyl (C=O) groups excluding carboxylic acids is 1. The monoisotopic (exact) mass is 355 g/mol. The standard InChI is InChI=1S/C20H21NO3S/c1-13-4-5-16(10-14(13)2)19-7-6-17(11-15(19)3)20(22)21-18-8-9-25(23,24)12-18/h4-11,18H,12H2,1-3H3,(H,21,22). The predicted molar refractivity (Wildman–Crippen MR) is 100 cm³/mol. The smallest absolute Gasteiger partial charge is 0.251 e. The first kappa shape index (κ1) is 17.4. The van der Waals surface area contributed by atoms with Crippen molar-refractivity contribution in [3.05, 3.63) is 70.1 Å². The van der Waals surface area contributed by atoms with Crippen LogP contribution in [-0.2, 0) is 9.84 Å². The summed E-state index contributed by atoms with van der Waals surface area (Å²) in [5.41, 5.74) is 6.22. The Labute approximate surface area is 148 Å². The van der Waals surface area contributed by atoms with Crippen LogP contribution in [0.5, 0.6) is 0 Å². The fourth-order valence-corrected chi connectivity index (χ4v) is 4.19. The molecule has 1 unspecified atom stereocenters. The molecule has 0 spiro atoms. The van der Waals surface area contributed by atoms with E-state index >= 15 is 0 Å². The zero-order valence-corrected chi connectivity index (χ0v) is 15.4. The third kappa shape index (κ3) is 3.82. The topological polar surface area (TPSA) is 63.2 Å². The first-order chi connectivity index (χ1) is 11.7. The highest BCUT2D eigenvalue weighted by atomic mass is 32.2. The van der Waals surface area contributed by atoms with E-state index in [4.69, 9.17) is 0 Å². The van der Waals surface area contributed by atoms with Gasteiger partial charge in [0, 0.05) is 11.0 Å². The molecular weight excluding hydrogens is 334 g/mol. The summed E-state index contributed by atoms with van der Waals surface area (Å²) in [5, 5.41) is 3.91. The van der Waals surface area contributed by atoms with Crippen molar-refractivity contribution in [1.82, 2.24) is 5.32 Å². The minimum Gasteiger partial charge on any atom is -0.345 e. The van der Waals surface area contributed by atoms with E-state index in [1.165, 1.54) is 17.2 Å². The second kappa shape index (κ2) is 6.48. The van der Waals surface area contributed by atoms with Crippen LogP contribution in [0.25, 0.3) is 11.1 Å². The Balaban J connectivity index is 1.81. The van der Waals surface area contributed by atoms with Crippen LogP contribution in [0.15, 0.2) is 47.9 Å². The molecule has 1 N–H and O–H groups in total. The Morgan fingerprint density at radius 1 is 1.00 bits per heavy atom. The van der Waals surface area contributed by atoms with Gasteiger partial charge in [-0.25, -0.2) is 8.42 Å². The van der Waals surface area contributed by atoms with Crippen molar-refractivity contribution in [2.45, 2.75) is 26.8 Å². The molecule has 0 bridgehead atoms. The number of benzene rings is 2. The fraction of sp³-hybridized carbons (Fsp3) is 0.250. The van der Waals surface area contributed by atoms with Crippen LogP contribution in [0.2, 0.25) is 0 Å². The van der Waals surface area contributed by atoms with Crippen LogP contribution in [0.3, 0.4) is 0 Å². The van der Waals surface area contributed by atoms with Crippen LogP contribution in [0.4, 0.5) is 0 Å². The van der Waals surface area contributed by atoms with Gasteiger partial charge >= 0.3 is 0 Å². The van der Waals surface area contributed by atoms with Crippen LogP contribution < -0.4 is 5.32 Å². The Morgan fingerprint density at radius 2 is 1.76 bits per heavy atom. The number of nitrogens with one attached hydrogen (secondary N) is 1. The maximum Gasteiger partial charge on any atom is 0.251 e. The Kier molecular flexibility index (Phi) is 4.52. The van der Waals surface area contributed by atoms with E-state index in [1.54, 1.807) is 6.07 Å². The average molecular weight is 355 g/mol. The number of hydrogen-bond acceptors (Lipinski definition) is 3. The molecule has 25 heavy (non-hydrogen) atoms. The van der Waals surface area contributed by atoms with Gasteiger partial charge in [0.2, 0.25) is 0 Å². The molecule has 1 atom stereocenters. The van der Waals surface area contributed by atoms with Gasteiger partial charge in [0.05, 0.1) is 11.8 Å². The summed E-state index contributed by atoms with van der Waals surface area (Å²) in [6, 6.07) is 11.4. The summed E-state index contributed by atoms with van der Waals surface area (Å²) in [6.07, 6.45) is 1.52. The van der Waals surface area contributed by atoms with Gasteiger partial charge in [-0.2, -0.15) is 0 Å². The lowest BCUT2D eigenvalue weighted by molar-refractivity contribution is 0.0947. The molecule has 5 heteroatoms. The SMILES string of the molecule is Cc1ccc(-c2ccc(C(=O)NC3C=CS(=O)(=O)C3)cc2C)cc1C. The first-order valence-electron chi connectivity index (χ1n) is 8.15. The molecule has 1 aliphatic rings. The normalized spacial score (nSPS) is 18.3. The second-order valence-electron chi connectivity index (χ2n) is 6.57. The van der Waals surface area contributed by atoms with E-state index in [1.807, 2.05) is 19.1 Å². The number of amides is 1. The number of carbonyl (C=O) groups is 1. The van der Waals surface area contributed by atoms with Gasteiger partial charge in [0.15, 0.2) is 9.84 Å². The molecule has 0 saturated heterocycles. The van der Waals surface area contributed by atoms with Crippen molar-refractivity contribution in [3.8, 4) is 11.1 Å². The van der Waals surface area contributed by atoms with Gasteiger partial charge in [0.1, 0.15) is 0 Å². The molecule has 4 nitrogen and oxygen atoms in total. The third-order valence-corrected chi connectivity index (χ3v) is 5.95. The van der Waals surface area contributed by atoms with Crippen LogP contribution >= 0.6 is 0 Å². The highest BCUT2D eigenvalue weighted by Gasteiger charge is 2.23. The van der Waals surface area contributed by atoms with Gasteiger partial charge in [-0.3, -0.25) is 4.79 Å². The maximum absolute atomic E-state index is 12.4. The van der Waals surface area contributed by atoms with E-state index in [0.717, 1.165) is 22.1 Å². The predicted octanol–water partition coefficient (Wildman–Crippen LogP) is 3.32. The zero-order valence-electron chi connectivity index (χ0n) is 14.5. The number of sulfone groups is 1. The lowest BCUT2D eigenvalue weighted by Crippen LogP contribution is -2.35. The van der Waals surface area contributed by atoms with E-state index in [0.29, 0.717) is 5.56 Å². The van der Waals surface area contributed by atoms with Gasteiger partial charge < -0.3 is 5.32 Å². The van der Waals surface area contributed by atoms with Gasteiger partial charge in [0.25, 0.3) is 5.91 Å². The molecule has 130 valence electrons. The Hall–Kier alpha value is -2.40. The number of hydrogen-bond donors (Lipinski definition) is 1. The summed E-state index contributed by atoms with van der Waals surface area (Å²) in [7, 11) is -3.18. The molecule has 0 radical (unpaired) electrons. The molecule has 1 aliphatic heterocycles. The molecular formula is C20H21NO3S. The van der Waals surface area contributed by atoms with Crippen molar-refractivity contribution in [3.63, 3.8) is 0 Å². The van der Waals surface area contributed by atoms with Crippen molar-refractivity contribution in [1.29, 1.82) is 0 Å². The van der Waals surface area contributed by atoms with Crippen molar-refractivity contribution in [2.75, 3.05) is 5.75 Å². The highest BCUT2D eigenvalue weighted by Crippen LogP contribution is 2.26. The third-order valence-electron chi connectivity index (χ3n) is 4.55. The molecule has 1 heterocycles. The molecule has 1 amide bonds. The molecule has 3 rings (SSSR count). The molecule has 0 aliphatic carbocycles. The summed E-state index contributed by atoms with van der Waals surface area (Å²) < 4.78 is 22.9. The largest absolute Gasteiger partial charge is 0.345 e. The van der Waals surface area contributed by atoms with E-state index in [2.05, 4.69) is 37.4 Å². The van der Waals surface area contributed by atoms with Crippen LogP contribution in [-0.4, -0.2) is 26.1 Å². The average Bonchev–Trinajstić information content (AvgIpc) is 2.88. The first-order valence-corrected chi connectivity index (χ1v) is 9.87. The second-order valence-corrected chi connectivity index (χ2v) is 8.50. The maximum atomic E-state index is 12.4. The van der Waals surface area contributed by atoms with E-state index in [-0.39, 0.29) is 11.7 Å². The summed E-state index contributed by atoms with van der Waals surface area (Å²) in [5.74, 6) is -0.333. The molecule has 0 saturated carbocycles. The van der Waals surface area contributed by atoms with Crippen LogP contribution in [0, 0.1) is 20.8 Å². The lowest BCUT2D eigenvalue weighted by Gasteiger charge is -2.13. The number of aryl methyl sites for hydroxylation is 3. The van der Waals surface area contributed by atoms with Gasteiger partial charge in [-0.1, -0.05) is 24.3 Å². The number of rotatable bonds is 3. The molecule has 2 aromatic carbocycles. The summed E-state index contributed by atoms with van der Waals surface area (Å²) in [6.45, 7) is 6.14. The van der Waals surface area contributed by atoms with Gasteiger partial charge in [-0.05, 0) is 66.8 Å². The fourth-order valence-electron chi connectivity index (χ4n) is 2.96. The highest BCUT2D eigenvalue weighted by molar-refractivity contribution is 7.94. The Bertz CT molecular complexity index is 974. The van der Waals surface area contributed by atoms with Crippen molar-refractivity contribution >= 4 is 15.7 Å². The van der Waals surface area contributed by atoms with Gasteiger partial charge in [-0.15, -0.1) is 0 Å². The minimum atomic E-state index is -3.18. The van der Waals surface area contributed by atoms with Crippen molar-refractivity contribution in [2.24, 2.45) is 0 Å². The molecule has 0 aromatic heterocycles. The minimum absolute atomic E-state index is 0.0710. The van der Waals surface area contributed by atoms with Crippen molar-refractivity contribution < 1.29 is 13.2 Å².